The summed E-state index contributed by atoms with van der Waals surface area (Å²) in [5.41, 5.74) is 6.93. The normalized spacial score (nSPS) is 15.9. The second-order valence-electron chi connectivity index (χ2n) is 4.09. The highest BCUT2D eigenvalue weighted by molar-refractivity contribution is 5.44. The zero-order valence-corrected chi connectivity index (χ0v) is 9.74. The summed E-state index contributed by atoms with van der Waals surface area (Å²) in [6.07, 6.45) is 2.13. The first-order valence-corrected chi connectivity index (χ1v) is 5.94. The van der Waals surface area contributed by atoms with E-state index in [9.17, 15) is 0 Å². The maximum absolute atomic E-state index is 5.62. The van der Waals surface area contributed by atoms with Crippen LogP contribution in [-0.2, 0) is 0 Å². The third kappa shape index (κ3) is 2.30. The fourth-order valence-corrected chi connectivity index (χ4v) is 2.12. The van der Waals surface area contributed by atoms with Gasteiger partial charge in [-0.15, -0.1) is 0 Å². The second kappa shape index (κ2) is 5.21. The van der Waals surface area contributed by atoms with E-state index in [1.54, 1.807) is 0 Å². The molecule has 0 saturated carbocycles. The minimum Gasteiger partial charge on any atom is -0.486 e. The van der Waals surface area contributed by atoms with Gasteiger partial charge in [-0.1, -0.05) is 13.0 Å². The molecule has 3 heteroatoms. The zero-order valence-electron chi connectivity index (χ0n) is 9.74. The lowest BCUT2D eigenvalue weighted by atomic mass is 9.93. The van der Waals surface area contributed by atoms with E-state index in [0.29, 0.717) is 19.1 Å². The van der Waals surface area contributed by atoms with Crippen LogP contribution in [0.2, 0.25) is 0 Å². The molecule has 0 spiro atoms. The summed E-state index contributed by atoms with van der Waals surface area (Å²) in [5, 5.41) is 0. The maximum Gasteiger partial charge on any atom is 0.161 e. The van der Waals surface area contributed by atoms with Crippen molar-refractivity contribution in [1.82, 2.24) is 0 Å². The minimum atomic E-state index is 0.529. The van der Waals surface area contributed by atoms with Gasteiger partial charge < -0.3 is 15.2 Å². The second-order valence-corrected chi connectivity index (χ2v) is 4.09. The van der Waals surface area contributed by atoms with Gasteiger partial charge in [0.25, 0.3) is 0 Å². The molecule has 1 atom stereocenters. The van der Waals surface area contributed by atoms with Crippen LogP contribution in [0, 0.1) is 0 Å². The van der Waals surface area contributed by atoms with Crippen LogP contribution in [0.5, 0.6) is 11.5 Å². The molecule has 3 nitrogen and oxygen atoms in total. The number of nitrogens with two attached hydrogens (primary N) is 1. The van der Waals surface area contributed by atoms with Gasteiger partial charge in [0.1, 0.15) is 13.2 Å². The molecule has 2 rings (SSSR count). The molecule has 1 heterocycles. The smallest absolute Gasteiger partial charge is 0.161 e. The van der Waals surface area contributed by atoms with Crippen LogP contribution in [0.15, 0.2) is 18.2 Å². The van der Waals surface area contributed by atoms with Crippen molar-refractivity contribution in [3.63, 3.8) is 0 Å². The molecule has 1 aromatic carbocycles. The van der Waals surface area contributed by atoms with Gasteiger partial charge in [0, 0.05) is 0 Å². The van der Waals surface area contributed by atoms with Gasteiger partial charge in [-0.3, -0.25) is 0 Å². The highest BCUT2D eigenvalue weighted by Gasteiger charge is 2.15. The van der Waals surface area contributed by atoms with E-state index in [0.717, 1.165) is 30.9 Å². The molecular formula is C13H19NO2. The fraction of sp³-hybridized carbons (Fsp3) is 0.538. The Hall–Kier alpha value is -1.22. The zero-order chi connectivity index (χ0) is 11.4. The highest BCUT2D eigenvalue weighted by atomic mass is 16.6. The summed E-state index contributed by atoms with van der Waals surface area (Å²) < 4.78 is 11.1. The van der Waals surface area contributed by atoms with Crippen LogP contribution >= 0.6 is 0 Å². The van der Waals surface area contributed by atoms with Crippen LogP contribution in [0.3, 0.4) is 0 Å². The number of rotatable bonds is 4. The van der Waals surface area contributed by atoms with E-state index in [4.69, 9.17) is 15.2 Å². The van der Waals surface area contributed by atoms with Crippen molar-refractivity contribution in [1.29, 1.82) is 0 Å². The summed E-state index contributed by atoms with van der Waals surface area (Å²) in [6.45, 7) is 4.21. The third-order valence-electron chi connectivity index (χ3n) is 3.05. The topological polar surface area (TPSA) is 44.5 Å². The van der Waals surface area contributed by atoms with Gasteiger partial charge in [-0.2, -0.15) is 0 Å². The van der Waals surface area contributed by atoms with Crippen LogP contribution in [0.1, 0.15) is 31.2 Å². The van der Waals surface area contributed by atoms with Crippen molar-refractivity contribution in [2.75, 3.05) is 19.8 Å². The SMILES string of the molecule is CCC(CCN)c1ccc2c(c1)OCCO2. The molecule has 0 fully saturated rings. The fourth-order valence-electron chi connectivity index (χ4n) is 2.12. The van der Waals surface area contributed by atoms with Crippen molar-refractivity contribution in [2.24, 2.45) is 5.73 Å². The molecule has 0 radical (unpaired) electrons. The molecular weight excluding hydrogens is 202 g/mol. The lowest BCUT2D eigenvalue weighted by Gasteiger charge is -2.21. The summed E-state index contributed by atoms with van der Waals surface area (Å²) in [7, 11) is 0. The molecule has 1 aliphatic rings. The van der Waals surface area contributed by atoms with E-state index >= 15 is 0 Å². The lowest BCUT2D eigenvalue weighted by molar-refractivity contribution is 0.171. The Kier molecular flexibility index (Phi) is 3.67. The number of benzene rings is 1. The van der Waals surface area contributed by atoms with E-state index < -0.39 is 0 Å². The molecule has 0 saturated heterocycles. The summed E-state index contributed by atoms with van der Waals surface area (Å²) in [5.74, 6) is 2.26. The van der Waals surface area contributed by atoms with Crippen molar-refractivity contribution in [3.8, 4) is 11.5 Å². The van der Waals surface area contributed by atoms with E-state index in [2.05, 4.69) is 19.1 Å². The van der Waals surface area contributed by atoms with Gasteiger partial charge in [0.05, 0.1) is 0 Å². The van der Waals surface area contributed by atoms with E-state index in [1.807, 2.05) is 6.07 Å². The Morgan fingerprint density at radius 1 is 1.25 bits per heavy atom. The molecule has 2 N–H and O–H groups in total. The monoisotopic (exact) mass is 221 g/mol. The predicted octanol–water partition coefficient (Wildman–Crippen LogP) is 2.30. The average Bonchev–Trinajstić information content (AvgIpc) is 2.35. The summed E-state index contributed by atoms with van der Waals surface area (Å²) >= 11 is 0. The Labute approximate surface area is 96.5 Å². The number of ether oxygens (including phenoxy) is 2. The van der Waals surface area contributed by atoms with Crippen LogP contribution in [-0.4, -0.2) is 19.8 Å². The van der Waals surface area contributed by atoms with Crippen molar-refractivity contribution >= 4 is 0 Å². The third-order valence-corrected chi connectivity index (χ3v) is 3.05. The molecule has 0 amide bonds. The Morgan fingerprint density at radius 3 is 2.69 bits per heavy atom. The number of fused-ring (bicyclic) bond motifs is 1. The van der Waals surface area contributed by atoms with E-state index in [-0.39, 0.29) is 0 Å². The molecule has 0 aromatic heterocycles. The summed E-state index contributed by atoms with van der Waals surface area (Å²) in [4.78, 5) is 0. The maximum atomic E-state index is 5.62. The highest BCUT2D eigenvalue weighted by Crippen LogP contribution is 2.34. The predicted molar refractivity (Wildman–Crippen MR) is 64.1 cm³/mol. The Balaban J connectivity index is 2.21. The number of hydrogen-bond acceptors (Lipinski definition) is 3. The largest absolute Gasteiger partial charge is 0.486 e. The Bertz CT molecular complexity index is 352. The van der Waals surface area contributed by atoms with Crippen LogP contribution in [0.4, 0.5) is 0 Å². The standard InChI is InChI=1S/C13H19NO2/c1-2-10(5-6-14)11-3-4-12-13(9-11)16-8-7-15-12/h3-4,9-10H,2,5-8,14H2,1H3. The van der Waals surface area contributed by atoms with Crippen LogP contribution < -0.4 is 15.2 Å². The molecule has 0 aliphatic carbocycles. The van der Waals surface area contributed by atoms with Crippen LogP contribution in [0.25, 0.3) is 0 Å². The van der Waals surface area contributed by atoms with Crippen molar-refractivity contribution in [2.45, 2.75) is 25.7 Å². The molecule has 1 aromatic rings. The number of hydrogen-bond donors (Lipinski definition) is 1. The molecule has 88 valence electrons. The lowest BCUT2D eigenvalue weighted by Crippen LogP contribution is -2.16. The molecule has 1 aliphatic heterocycles. The minimum absolute atomic E-state index is 0.529. The first-order valence-electron chi connectivity index (χ1n) is 5.94. The molecule has 0 bridgehead atoms. The van der Waals surface area contributed by atoms with E-state index in [1.165, 1.54) is 5.56 Å². The first-order chi connectivity index (χ1) is 7.85. The quantitative estimate of drug-likeness (QED) is 0.848. The van der Waals surface area contributed by atoms with Gasteiger partial charge in [0.15, 0.2) is 11.5 Å². The molecule has 1 unspecified atom stereocenters. The molecule has 16 heavy (non-hydrogen) atoms. The van der Waals surface area contributed by atoms with Gasteiger partial charge in [-0.25, -0.2) is 0 Å². The average molecular weight is 221 g/mol. The Morgan fingerprint density at radius 2 is 2.00 bits per heavy atom. The van der Waals surface area contributed by atoms with Gasteiger partial charge >= 0.3 is 0 Å². The van der Waals surface area contributed by atoms with Crippen molar-refractivity contribution < 1.29 is 9.47 Å². The summed E-state index contributed by atoms with van der Waals surface area (Å²) in [6, 6.07) is 6.22. The first kappa shape index (κ1) is 11.3. The van der Waals surface area contributed by atoms with Gasteiger partial charge in [-0.05, 0) is 43.0 Å². The van der Waals surface area contributed by atoms with Crippen molar-refractivity contribution in [3.05, 3.63) is 23.8 Å². The van der Waals surface area contributed by atoms with Gasteiger partial charge in [0.2, 0.25) is 0 Å².